The molecule has 1 aromatic rings. The molecule has 0 bridgehead atoms. The van der Waals surface area contributed by atoms with Gasteiger partial charge in [-0.05, 0) is 31.0 Å². The molecule has 1 aliphatic heterocycles. The van der Waals surface area contributed by atoms with Gasteiger partial charge in [-0.2, -0.15) is 0 Å². The van der Waals surface area contributed by atoms with Crippen LogP contribution >= 0.6 is 27.5 Å². The minimum Gasteiger partial charge on any atom is -0.380 e. The van der Waals surface area contributed by atoms with E-state index in [-0.39, 0.29) is 5.41 Å². The van der Waals surface area contributed by atoms with Gasteiger partial charge in [-0.3, -0.25) is 0 Å². The Labute approximate surface area is 128 Å². The summed E-state index contributed by atoms with van der Waals surface area (Å²) in [6, 6.07) is 6.38. The van der Waals surface area contributed by atoms with Crippen molar-refractivity contribution in [3.63, 3.8) is 0 Å². The van der Waals surface area contributed by atoms with E-state index in [1.54, 1.807) is 0 Å². The van der Waals surface area contributed by atoms with Crippen molar-refractivity contribution in [3.8, 4) is 0 Å². The molecule has 1 saturated carbocycles. The van der Waals surface area contributed by atoms with Crippen LogP contribution in [-0.4, -0.2) is 18.8 Å². The van der Waals surface area contributed by atoms with Crippen LogP contribution in [0.2, 0.25) is 5.02 Å². The highest BCUT2D eigenvalue weighted by Gasteiger charge is 2.57. The second kappa shape index (κ2) is 4.94. The van der Waals surface area contributed by atoms with Gasteiger partial charge in [0, 0.05) is 28.5 Å². The van der Waals surface area contributed by atoms with E-state index in [1.165, 1.54) is 12.8 Å². The monoisotopic (exact) mass is 343 g/mol. The molecule has 0 radical (unpaired) electrons. The topological polar surface area (TPSA) is 21.3 Å². The van der Waals surface area contributed by atoms with Gasteiger partial charge in [0.2, 0.25) is 0 Å². The molecule has 0 spiro atoms. The van der Waals surface area contributed by atoms with E-state index < -0.39 is 0 Å². The largest absolute Gasteiger partial charge is 0.380 e. The molecular formula is C15H19BrClNO. The number of anilines is 1. The average molecular weight is 345 g/mol. The number of ether oxygens (including phenoxy) is 1. The first-order valence-electron chi connectivity index (χ1n) is 6.83. The number of hydrogen-bond acceptors (Lipinski definition) is 2. The highest BCUT2D eigenvalue weighted by Crippen LogP contribution is 2.52. The van der Waals surface area contributed by atoms with Gasteiger partial charge in [0.15, 0.2) is 0 Å². The molecule has 3 atom stereocenters. The van der Waals surface area contributed by atoms with Crippen LogP contribution in [0.4, 0.5) is 5.69 Å². The maximum absolute atomic E-state index is 6.28. The molecule has 3 unspecified atom stereocenters. The quantitative estimate of drug-likeness (QED) is 0.838. The summed E-state index contributed by atoms with van der Waals surface area (Å²) in [4.78, 5) is 0. The first kappa shape index (κ1) is 13.7. The van der Waals surface area contributed by atoms with E-state index in [0.29, 0.717) is 18.1 Å². The van der Waals surface area contributed by atoms with Gasteiger partial charge in [-0.25, -0.2) is 0 Å². The van der Waals surface area contributed by atoms with E-state index in [1.807, 2.05) is 12.1 Å². The summed E-state index contributed by atoms with van der Waals surface area (Å²) < 4.78 is 6.98. The average Bonchev–Trinajstić information content (AvgIpc) is 2.39. The summed E-state index contributed by atoms with van der Waals surface area (Å²) in [5.74, 6) is 0.610. The Bertz CT molecular complexity index is 491. The van der Waals surface area contributed by atoms with Gasteiger partial charge >= 0.3 is 0 Å². The highest BCUT2D eigenvalue weighted by atomic mass is 79.9. The Hall–Kier alpha value is -0.250. The molecule has 4 heteroatoms. The first-order valence-corrected chi connectivity index (χ1v) is 8.00. The SMILES string of the molecule is CC1(C)C(Nc2cc(Br)ccc2Cl)C2CCCOC21. The van der Waals surface area contributed by atoms with Crippen molar-refractivity contribution < 1.29 is 4.74 Å². The van der Waals surface area contributed by atoms with Crippen molar-refractivity contribution in [1.29, 1.82) is 0 Å². The minimum absolute atomic E-state index is 0.163. The Morgan fingerprint density at radius 1 is 1.42 bits per heavy atom. The standard InChI is InChI=1S/C15H19BrClNO/c1-15(2)13(10-4-3-7-19-14(10)15)18-12-8-9(16)5-6-11(12)17/h5-6,8,10,13-14,18H,3-4,7H2,1-2H3. The number of fused-ring (bicyclic) bond motifs is 1. The van der Waals surface area contributed by atoms with Crippen molar-refractivity contribution >= 4 is 33.2 Å². The summed E-state index contributed by atoms with van der Waals surface area (Å²) >= 11 is 9.78. The van der Waals surface area contributed by atoms with Crippen molar-refractivity contribution in [2.45, 2.75) is 38.8 Å². The van der Waals surface area contributed by atoms with E-state index in [2.05, 4.69) is 41.2 Å². The second-order valence-electron chi connectivity index (χ2n) is 6.17. The third-order valence-electron chi connectivity index (χ3n) is 4.57. The highest BCUT2D eigenvalue weighted by molar-refractivity contribution is 9.10. The lowest BCUT2D eigenvalue weighted by molar-refractivity contribution is -0.177. The predicted octanol–water partition coefficient (Wildman–Crippen LogP) is 4.72. The van der Waals surface area contributed by atoms with E-state index >= 15 is 0 Å². The molecule has 1 heterocycles. The lowest BCUT2D eigenvalue weighted by Gasteiger charge is -2.60. The zero-order chi connectivity index (χ0) is 13.6. The van der Waals surface area contributed by atoms with Gasteiger partial charge < -0.3 is 10.1 Å². The van der Waals surface area contributed by atoms with Crippen molar-refractivity contribution in [1.82, 2.24) is 0 Å². The van der Waals surface area contributed by atoms with Crippen LogP contribution in [0.3, 0.4) is 0 Å². The Balaban J connectivity index is 1.81. The van der Waals surface area contributed by atoms with Crippen LogP contribution in [0.25, 0.3) is 0 Å². The number of hydrogen-bond donors (Lipinski definition) is 1. The fourth-order valence-corrected chi connectivity index (χ4v) is 4.12. The third kappa shape index (κ3) is 2.30. The maximum Gasteiger partial charge on any atom is 0.0693 e. The fraction of sp³-hybridized carbons (Fsp3) is 0.600. The molecule has 3 rings (SSSR count). The maximum atomic E-state index is 6.28. The molecule has 0 aromatic heterocycles. The molecule has 1 aliphatic carbocycles. The van der Waals surface area contributed by atoms with E-state index in [0.717, 1.165) is 21.8 Å². The first-order chi connectivity index (χ1) is 9.00. The summed E-state index contributed by atoms with van der Waals surface area (Å²) in [7, 11) is 0. The number of rotatable bonds is 2. The molecule has 0 amide bonds. The lowest BCUT2D eigenvalue weighted by Crippen LogP contribution is -2.67. The van der Waals surface area contributed by atoms with Gasteiger partial charge in [0.25, 0.3) is 0 Å². The van der Waals surface area contributed by atoms with E-state index in [4.69, 9.17) is 16.3 Å². The summed E-state index contributed by atoms with van der Waals surface area (Å²) in [6.07, 6.45) is 2.81. The molecule has 1 saturated heterocycles. The van der Waals surface area contributed by atoms with Crippen molar-refractivity contribution in [3.05, 3.63) is 27.7 Å². The fourth-order valence-electron chi connectivity index (χ4n) is 3.59. The van der Waals surface area contributed by atoms with Crippen molar-refractivity contribution in [2.75, 3.05) is 11.9 Å². The zero-order valence-corrected chi connectivity index (χ0v) is 13.6. The molecule has 104 valence electrons. The minimum atomic E-state index is 0.163. The van der Waals surface area contributed by atoms with Crippen molar-refractivity contribution in [2.24, 2.45) is 11.3 Å². The summed E-state index contributed by atoms with van der Waals surface area (Å²) in [5.41, 5.74) is 1.18. The van der Waals surface area contributed by atoms with Gasteiger partial charge in [-0.1, -0.05) is 41.4 Å². The molecule has 2 aliphatic rings. The summed E-state index contributed by atoms with van der Waals surface area (Å²) in [5, 5.41) is 4.41. The summed E-state index contributed by atoms with van der Waals surface area (Å²) in [6.45, 7) is 5.47. The molecule has 19 heavy (non-hydrogen) atoms. The molecule has 2 nitrogen and oxygen atoms in total. The number of nitrogens with one attached hydrogen (secondary N) is 1. The van der Waals surface area contributed by atoms with E-state index in [9.17, 15) is 0 Å². The van der Waals surface area contributed by atoms with Crippen LogP contribution in [0.1, 0.15) is 26.7 Å². The Kier molecular flexibility index (Phi) is 3.57. The molecule has 2 fully saturated rings. The molecule has 1 N–H and O–H groups in total. The number of halogens is 2. The normalized spacial score (nSPS) is 32.3. The molecular weight excluding hydrogens is 326 g/mol. The second-order valence-corrected chi connectivity index (χ2v) is 7.49. The van der Waals surface area contributed by atoms with Crippen LogP contribution in [-0.2, 0) is 4.74 Å². The third-order valence-corrected chi connectivity index (χ3v) is 5.39. The van der Waals surface area contributed by atoms with Crippen LogP contribution in [0.5, 0.6) is 0 Å². The molecule has 1 aromatic carbocycles. The van der Waals surface area contributed by atoms with Gasteiger partial charge in [-0.15, -0.1) is 0 Å². The Morgan fingerprint density at radius 2 is 2.21 bits per heavy atom. The number of benzene rings is 1. The van der Waals surface area contributed by atoms with Gasteiger partial charge in [0.1, 0.15) is 0 Å². The smallest absolute Gasteiger partial charge is 0.0693 e. The van der Waals surface area contributed by atoms with Crippen LogP contribution in [0, 0.1) is 11.3 Å². The Morgan fingerprint density at radius 3 is 3.00 bits per heavy atom. The van der Waals surface area contributed by atoms with Gasteiger partial charge in [0.05, 0.1) is 16.8 Å². The lowest BCUT2D eigenvalue weighted by atomic mass is 9.55. The van der Waals surface area contributed by atoms with Crippen LogP contribution < -0.4 is 5.32 Å². The van der Waals surface area contributed by atoms with Crippen LogP contribution in [0.15, 0.2) is 22.7 Å². The zero-order valence-electron chi connectivity index (χ0n) is 11.2. The predicted molar refractivity (Wildman–Crippen MR) is 82.8 cm³/mol.